The molecular weight excluding hydrogens is 352 g/mol. The first-order valence-electron chi connectivity index (χ1n) is 10.2. The van der Waals surface area contributed by atoms with Crippen LogP contribution in [0.5, 0.6) is 5.75 Å². The number of benzene rings is 1. The molecule has 1 saturated heterocycles. The summed E-state index contributed by atoms with van der Waals surface area (Å²) >= 11 is 0. The van der Waals surface area contributed by atoms with Crippen LogP contribution in [0.1, 0.15) is 47.8 Å². The van der Waals surface area contributed by atoms with E-state index in [1.54, 1.807) is 7.11 Å². The van der Waals surface area contributed by atoms with E-state index in [-0.39, 0.29) is 11.8 Å². The number of aryl methyl sites for hydroxylation is 1. The van der Waals surface area contributed by atoms with Gasteiger partial charge in [0.1, 0.15) is 11.6 Å². The minimum absolute atomic E-state index is 0.206. The Morgan fingerprint density at radius 2 is 2.25 bits per heavy atom. The lowest BCUT2D eigenvalue weighted by Crippen LogP contribution is -2.39. The lowest BCUT2D eigenvalue weighted by molar-refractivity contribution is -0.132. The molecule has 1 aromatic heterocycles. The Kier molecular flexibility index (Phi) is 5.86. The maximum absolute atomic E-state index is 12.8. The molecule has 4 rings (SSSR count). The first-order valence-corrected chi connectivity index (χ1v) is 10.2. The molecule has 2 aromatic rings. The Morgan fingerprint density at radius 1 is 1.36 bits per heavy atom. The summed E-state index contributed by atoms with van der Waals surface area (Å²) in [6.45, 7) is 3.38. The van der Waals surface area contributed by atoms with Crippen LogP contribution in [-0.2, 0) is 24.2 Å². The molecule has 1 N–H and O–H groups in total. The molecule has 2 aliphatic rings. The molecule has 28 heavy (non-hydrogen) atoms. The van der Waals surface area contributed by atoms with Crippen LogP contribution in [0.25, 0.3) is 0 Å². The molecular formula is C22H28N4O2. The van der Waals surface area contributed by atoms with Crippen LogP contribution in [0.2, 0.25) is 0 Å². The van der Waals surface area contributed by atoms with Crippen molar-refractivity contribution in [1.82, 2.24) is 20.2 Å². The predicted octanol–water partition coefficient (Wildman–Crippen LogP) is 2.47. The molecule has 0 unspecified atom stereocenters. The third-order valence-electron chi connectivity index (χ3n) is 5.77. The minimum Gasteiger partial charge on any atom is -0.496 e. The Morgan fingerprint density at radius 3 is 3.14 bits per heavy atom. The molecule has 0 radical (unpaired) electrons. The van der Waals surface area contributed by atoms with E-state index in [1.165, 1.54) is 11.3 Å². The lowest BCUT2D eigenvalue weighted by Gasteiger charge is -2.32. The van der Waals surface area contributed by atoms with Gasteiger partial charge < -0.3 is 15.0 Å². The molecule has 0 bridgehead atoms. The fraction of sp³-hybridized carbons (Fsp3) is 0.500. The number of hydrogen-bond acceptors (Lipinski definition) is 5. The summed E-state index contributed by atoms with van der Waals surface area (Å²) in [5.41, 5.74) is 3.46. The zero-order valence-electron chi connectivity index (χ0n) is 16.5. The van der Waals surface area contributed by atoms with Gasteiger partial charge in [-0.15, -0.1) is 0 Å². The van der Waals surface area contributed by atoms with Gasteiger partial charge in [0.2, 0.25) is 5.91 Å². The molecule has 1 fully saturated rings. The van der Waals surface area contributed by atoms with Crippen molar-refractivity contribution in [1.29, 1.82) is 0 Å². The Bertz CT molecular complexity index is 839. The molecule has 6 heteroatoms. The number of methoxy groups -OCH3 is 1. The fourth-order valence-corrected chi connectivity index (χ4v) is 4.17. The predicted molar refractivity (Wildman–Crippen MR) is 107 cm³/mol. The van der Waals surface area contributed by atoms with Gasteiger partial charge in [-0.1, -0.05) is 18.2 Å². The number of nitrogens with zero attached hydrogens (tertiary/aromatic N) is 3. The summed E-state index contributed by atoms with van der Waals surface area (Å²) in [6, 6.07) is 7.91. The number of fused-ring (bicyclic) bond motifs is 1. The van der Waals surface area contributed by atoms with E-state index in [1.807, 2.05) is 35.4 Å². The number of piperidine rings is 1. The number of aromatic nitrogens is 2. The standard InChI is InChI=1S/C22H28N4O2/c1-28-20-7-3-2-5-16(20)8-9-21(27)26-12-4-6-17(15-26)22-24-14-18-13-23-11-10-19(18)25-22/h2-3,5,7,14,17,23H,4,6,8-13,15H2,1H3/t17-/m0/s1. The quantitative estimate of drug-likeness (QED) is 0.863. The molecule has 0 saturated carbocycles. The highest BCUT2D eigenvalue weighted by atomic mass is 16.5. The smallest absolute Gasteiger partial charge is 0.222 e. The third kappa shape index (κ3) is 4.17. The second kappa shape index (κ2) is 8.69. The van der Waals surface area contributed by atoms with Crippen LogP contribution in [0, 0.1) is 0 Å². The van der Waals surface area contributed by atoms with Gasteiger partial charge in [0.15, 0.2) is 0 Å². The SMILES string of the molecule is COc1ccccc1CCC(=O)N1CCC[C@H](c2ncc3c(n2)CCNC3)C1. The zero-order valence-corrected chi connectivity index (χ0v) is 16.5. The van der Waals surface area contributed by atoms with Gasteiger partial charge >= 0.3 is 0 Å². The Hall–Kier alpha value is -2.47. The number of ether oxygens (including phenoxy) is 1. The summed E-state index contributed by atoms with van der Waals surface area (Å²) in [5, 5.41) is 3.36. The first-order chi connectivity index (χ1) is 13.7. The van der Waals surface area contributed by atoms with Crippen LogP contribution in [0.15, 0.2) is 30.5 Å². The number of hydrogen-bond donors (Lipinski definition) is 1. The third-order valence-corrected chi connectivity index (χ3v) is 5.77. The number of amides is 1. The summed E-state index contributed by atoms with van der Waals surface area (Å²) in [4.78, 5) is 24.3. The van der Waals surface area contributed by atoms with E-state index >= 15 is 0 Å². The molecule has 6 nitrogen and oxygen atoms in total. The number of para-hydroxylation sites is 1. The van der Waals surface area contributed by atoms with Gasteiger partial charge in [-0.05, 0) is 30.9 Å². The van der Waals surface area contributed by atoms with Crippen molar-refractivity contribution >= 4 is 5.91 Å². The van der Waals surface area contributed by atoms with Crippen LogP contribution in [0.4, 0.5) is 0 Å². The molecule has 148 valence electrons. The normalized spacial score (nSPS) is 19.2. The molecule has 3 heterocycles. The highest BCUT2D eigenvalue weighted by Crippen LogP contribution is 2.26. The van der Waals surface area contributed by atoms with E-state index in [2.05, 4.69) is 10.3 Å². The summed E-state index contributed by atoms with van der Waals surface area (Å²) in [6.07, 6.45) is 6.18. The Labute approximate surface area is 166 Å². The van der Waals surface area contributed by atoms with Crippen molar-refractivity contribution in [3.05, 3.63) is 53.1 Å². The molecule has 1 atom stereocenters. The fourth-order valence-electron chi connectivity index (χ4n) is 4.17. The van der Waals surface area contributed by atoms with Crippen LogP contribution in [-0.4, -0.2) is 47.5 Å². The van der Waals surface area contributed by atoms with E-state index in [4.69, 9.17) is 9.72 Å². The van der Waals surface area contributed by atoms with Crippen molar-refractivity contribution in [3.8, 4) is 5.75 Å². The van der Waals surface area contributed by atoms with Crippen molar-refractivity contribution in [2.24, 2.45) is 0 Å². The molecule has 0 spiro atoms. The lowest BCUT2D eigenvalue weighted by atomic mass is 9.96. The van der Waals surface area contributed by atoms with Crippen molar-refractivity contribution in [2.45, 2.75) is 44.6 Å². The van der Waals surface area contributed by atoms with Crippen LogP contribution < -0.4 is 10.1 Å². The maximum Gasteiger partial charge on any atom is 0.222 e. The van der Waals surface area contributed by atoms with Gasteiger partial charge in [0.25, 0.3) is 0 Å². The van der Waals surface area contributed by atoms with E-state index in [0.717, 1.165) is 62.6 Å². The first kappa shape index (κ1) is 18.9. The largest absolute Gasteiger partial charge is 0.496 e. The number of carbonyl (C=O) groups excluding carboxylic acids is 1. The topological polar surface area (TPSA) is 67.3 Å². The summed E-state index contributed by atoms with van der Waals surface area (Å²) in [7, 11) is 1.67. The van der Waals surface area contributed by atoms with Crippen LogP contribution >= 0.6 is 0 Å². The monoisotopic (exact) mass is 380 g/mol. The second-order valence-electron chi connectivity index (χ2n) is 7.62. The second-order valence-corrected chi connectivity index (χ2v) is 7.62. The van der Waals surface area contributed by atoms with E-state index in [0.29, 0.717) is 12.8 Å². The molecule has 2 aliphatic heterocycles. The average molecular weight is 380 g/mol. The summed E-state index contributed by atoms with van der Waals surface area (Å²) in [5.74, 6) is 2.20. The van der Waals surface area contributed by atoms with Crippen molar-refractivity contribution in [3.63, 3.8) is 0 Å². The number of rotatable bonds is 5. The van der Waals surface area contributed by atoms with Gasteiger partial charge in [-0.2, -0.15) is 0 Å². The highest BCUT2D eigenvalue weighted by Gasteiger charge is 2.27. The molecule has 1 aromatic carbocycles. The number of carbonyl (C=O) groups is 1. The Balaban J connectivity index is 1.38. The molecule has 1 amide bonds. The van der Waals surface area contributed by atoms with Crippen molar-refractivity contribution < 1.29 is 9.53 Å². The molecule has 0 aliphatic carbocycles. The highest BCUT2D eigenvalue weighted by molar-refractivity contribution is 5.76. The number of nitrogens with one attached hydrogen (secondary N) is 1. The van der Waals surface area contributed by atoms with E-state index in [9.17, 15) is 4.79 Å². The number of likely N-dealkylation sites (tertiary alicyclic amines) is 1. The van der Waals surface area contributed by atoms with Gasteiger partial charge in [0, 0.05) is 62.4 Å². The van der Waals surface area contributed by atoms with Gasteiger partial charge in [0.05, 0.1) is 7.11 Å². The maximum atomic E-state index is 12.8. The van der Waals surface area contributed by atoms with Gasteiger partial charge in [-0.3, -0.25) is 4.79 Å². The summed E-state index contributed by atoms with van der Waals surface area (Å²) < 4.78 is 5.40. The van der Waals surface area contributed by atoms with Crippen molar-refractivity contribution in [2.75, 3.05) is 26.7 Å². The van der Waals surface area contributed by atoms with Gasteiger partial charge in [-0.25, -0.2) is 9.97 Å². The van der Waals surface area contributed by atoms with Crippen LogP contribution in [0.3, 0.4) is 0 Å². The van der Waals surface area contributed by atoms with E-state index < -0.39 is 0 Å². The average Bonchev–Trinajstić information content (AvgIpc) is 2.77. The minimum atomic E-state index is 0.206. The zero-order chi connectivity index (χ0) is 19.3.